The predicted molar refractivity (Wildman–Crippen MR) is 113 cm³/mol. The fourth-order valence-electron chi connectivity index (χ4n) is 2.73. The van der Waals surface area contributed by atoms with E-state index in [2.05, 4.69) is 26.3 Å². The normalized spacial score (nSPS) is 11.5. The first-order chi connectivity index (χ1) is 15.1. The number of aromatic nitrogens is 2. The number of nitrogens with two attached hydrogens (primary N) is 1. The number of carbonyl (C=O) groups excluding carboxylic acids is 1. The average Bonchev–Trinajstić information content (AvgIpc) is 3.07. The summed E-state index contributed by atoms with van der Waals surface area (Å²) in [5, 5.41) is 6.70. The van der Waals surface area contributed by atoms with Gasteiger partial charge in [-0.05, 0) is 46.3 Å². The van der Waals surface area contributed by atoms with Crippen LogP contribution < -0.4 is 11.1 Å². The maximum absolute atomic E-state index is 14.9. The average molecular weight is 533 g/mol. The first-order valence-electron chi connectivity index (χ1n) is 8.88. The quantitative estimate of drug-likeness (QED) is 0.323. The summed E-state index contributed by atoms with van der Waals surface area (Å²) in [4.78, 5) is 10.2. The summed E-state index contributed by atoms with van der Waals surface area (Å²) in [6, 6.07) is 6.42. The summed E-state index contributed by atoms with van der Waals surface area (Å²) in [5.74, 6) is -4.30. The maximum Gasteiger partial charge on any atom is 0.239 e. The number of ether oxygens (including phenoxy) is 1. The van der Waals surface area contributed by atoms with Gasteiger partial charge in [-0.25, -0.2) is 21.6 Å². The van der Waals surface area contributed by atoms with Gasteiger partial charge in [0.25, 0.3) is 0 Å². The Kier molecular flexibility index (Phi) is 7.21. The number of nitrogens with one attached hydrogen (secondary N) is 1. The van der Waals surface area contributed by atoms with E-state index in [9.17, 15) is 26.4 Å². The van der Waals surface area contributed by atoms with E-state index in [0.29, 0.717) is 16.6 Å². The summed E-state index contributed by atoms with van der Waals surface area (Å²) in [7, 11) is -4.27. The number of hydrogen-bond acceptors (Lipinski definition) is 6. The van der Waals surface area contributed by atoms with Crippen LogP contribution in [0.15, 0.2) is 52.0 Å². The second-order valence-corrected chi connectivity index (χ2v) is 9.25. The van der Waals surface area contributed by atoms with E-state index < -0.39 is 50.8 Å². The van der Waals surface area contributed by atoms with Crippen LogP contribution in [0.2, 0.25) is 0 Å². The van der Waals surface area contributed by atoms with Gasteiger partial charge in [-0.3, -0.25) is 9.48 Å². The second kappa shape index (κ2) is 9.71. The van der Waals surface area contributed by atoms with Crippen molar-refractivity contribution < 1.29 is 31.1 Å². The Hall–Kier alpha value is -2.90. The minimum absolute atomic E-state index is 0.0202. The molecule has 0 aliphatic carbocycles. The molecule has 8 nitrogen and oxygen atoms in total. The molecule has 170 valence electrons. The van der Waals surface area contributed by atoms with Gasteiger partial charge < -0.3 is 15.8 Å². The summed E-state index contributed by atoms with van der Waals surface area (Å²) in [6.07, 6.45) is 1.47. The molecule has 1 aromatic heterocycles. The van der Waals surface area contributed by atoms with Gasteiger partial charge in [-0.1, -0.05) is 6.07 Å². The van der Waals surface area contributed by atoms with Crippen molar-refractivity contribution in [3.8, 4) is 11.3 Å². The molecule has 13 heteroatoms. The molecule has 1 amide bonds. The van der Waals surface area contributed by atoms with E-state index in [0.717, 1.165) is 6.07 Å². The van der Waals surface area contributed by atoms with Gasteiger partial charge in [0.2, 0.25) is 15.7 Å². The van der Waals surface area contributed by atoms with E-state index >= 15 is 0 Å². The number of halogens is 4. The highest BCUT2D eigenvalue weighted by molar-refractivity contribution is 9.10. The lowest BCUT2D eigenvalue weighted by atomic mass is 10.1. The summed E-state index contributed by atoms with van der Waals surface area (Å²) in [5.41, 5.74) is 5.43. The molecule has 1 heterocycles. The SMILES string of the molecule is NC(=O)Cn1cc(Br)c(-c2cccc(NCOCS(=O)(=O)c3cc(F)ccc3F)c2F)n1. The van der Waals surface area contributed by atoms with Gasteiger partial charge in [0.1, 0.15) is 35.5 Å². The highest BCUT2D eigenvalue weighted by atomic mass is 79.9. The van der Waals surface area contributed by atoms with E-state index in [4.69, 9.17) is 10.5 Å². The summed E-state index contributed by atoms with van der Waals surface area (Å²) < 4.78 is 72.9. The van der Waals surface area contributed by atoms with Crippen molar-refractivity contribution in [1.82, 2.24) is 9.78 Å². The number of amides is 1. The number of rotatable bonds is 9. The lowest BCUT2D eigenvalue weighted by Gasteiger charge is -2.11. The van der Waals surface area contributed by atoms with Gasteiger partial charge in [-0.15, -0.1) is 0 Å². The first-order valence-corrected chi connectivity index (χ1v) is 11.3. The lowest BCUT2D eigenvalue weighted by Crippen LogP contribution is -2.18. The van der Waals surface area contributed by atoms with Crippen LogP contribution in [-0.4, -0.2) is 36.8 Å². The standard InChI is InChI=1S/C19H16BrF3N4O4S/c20-13-7-27(8-17(24)28)26-19(13)12-2-1-3-15(18(12)23)25-9-31-10-32(29,30)16-6-11(21)4-5-14(16)22/h1-7,25H,8-10H2,(H2,24,28). The molecule has 0 atom stereocenters. The third kappa shape index (κ3) is 5.47. The Morgan fingerprint density at radius 2 is 1.97 bits per heavy atom. The molecule has 0 unspecified atom stereocenters. The molecule has 0 aliphatic rings. The Labute approximate surface area is 189 Å². The van der Waals surface area contributed by atoms with Gasteiger partial charge in [0.15, 0.2) is 11.8 Å². The number of primary amides is 1. The fraction of sp³-hybridized carbons (Fsp3) is 0.158. The number of anilines is 1. The fourth-order valence-corrected chi connectivity index (χ4v) is 4.35. The van der Waals surface area contributed by atoms with Crippen molar-refractivity contribution >= 4 is 37.4 Å². The van der Waals surface area contributed by atoms with Crippen LogP contribution in [0.3, 0.4) is 0 Å². The number of hydrogen-bond donors (Lipinski definition) is 2. The predicted octanol–water partition coefficient (Wildman–Crippen LogP) is 3.03. The van der Waals surface area contributed by atoms with Crippen molar-refractivity contribution in [2.24, 2.45) is 5.73 Å². The third-order valence-electron chi connectivity index (χ3n) is 4.12. The van der Waals surface area contributed by atoms with Gasteiger partial charge in [0, 0.05) is 11.8 Å². The lowest BCUT2D eigenvalue weighted by molar-refractivity contribution is -0.118. The molecule has 0 fully saturated rings. The molecule has 0 saturated heterocycles. The van der Waals surface area contributed by atoms with Crippen LogP contribution in [0.25, 0.3) is 11.3 Å². The molecule has 3 rings (SSSR count). The van der Waals surface area contributed by atoms with Crippen molar-refractivity contribution in [3.05, 3.63) is 64.5 Å². The monoisotopic (exact) mass is 532 g/mol. The van der Waals surface area contributed by atoms with Crippen molar-refractivity contribution in [1.29, 1.82) is 0 Å². The van der Waals surface area contributed by atoms with E-state index in [1.807, 2.05) is 0 Å². The van der Waals surface area contributed by atoms with Crippen molar-refractivity contribution in [3.63, 3.8) is 0 Å². The molecule has 32 heavy (non-hydrogen) atoms. The molecular weight excluding hydrogens is 517 g/mol. The van der Waals surface area contributed by atoms with Gasteiger partial charge >= 0.3 is 0 Å². The zero-order chi connectivity index (χ0) is 23.5. The van der Waals surface area contributed by atoms with Crippen LogP contribution in [0.1, 0.15) is 0 Å². The Balaban J connectivity index is 1.69. The molecule has 3 aromatic rings. The topological polar surface area (TPSA) is 116 Å². The number of sulfone groups is 1. The zero-order valence-electron chi connectivity index (χ0n) is 16.2. The van der Waals surface area contributed by atoms with Crippen LogP contribution in [0.4, 0.5) is 18.9 Å². The molecule has 0 saturated carbocycles. The number of benzene rings is 2. The maximum atomic E-state index is 14.9. The minimum atomic E-state index is -4.27. The second-order valence-electron chi connectivity index (χ2n) is 6.49. The Bertz CT molecular complexity index is 1270. The van der Waals surface area contributed by atoms with Crippen LogP contribution >= 0.6 is 15.9 Å². The summed E-state index contributed by atoms with van der Waals surface area (Å²) in [6.45, 7) is -0.625. The Morgan fingerprint density at radius 1 is 1.22 bits per heavy atom. The van der Waals surface area contributed by atoms with Crippen molar-refractivity contribution in [2.75, 3.05) is 18.0 Å². The van der Waals surface area contributed by atoms with E-state index in [-0.39, 0.29) is 23.5 Å². The highest BCUT2D eigenvalue weighted by Crippen LogP contribution is 2.31. The highest BCUT2D eigenvalue weighted by Gasteiger charge is 2.21. The van der Waals surface area contributed by atoms with E-state index in [1.54, 1.807) is 0 Å². The van der Waals surface area contributed by atoms with E-state index in [1.165, 1.54) is 29.1 Å². The molecule has 3 N–H and O–H groups in total. The molecule has 0 radical (unpaired) electrons. The molecule has 0 spiro atoms. The van der Waals surface area contributed by atoms with Crippen LogP contribution in [-0.2, 0) is 25.9 Å². The van der Waals surface area contributed by atoms with Crippen LogP contribution in [0, 0.1) is 17.5 Å². The van der Waals surface area contributed by atoms with Gasteiger partial charge in [0.05, 0.1) is 10.2 Å². The molecule has 2 aromatic carbocycles. The smallest absolute Gasteiger partial charge is 0.239 e. The first kappa shape index (κ1) is 23.8. The molecule has 0 aliphatic heterocycles. The van der Waals surface area contributed by atoms with Crippen LogP contribution in [0.5, 0.6) is 0 Å². The third-order valence-corrected chi connectivity index (χ3v) is 6.16. The molecular formula is C19H16BrF3N4O4S. The summed E-state index contributed by atoms with van der Waals surface area (Å²) >= 11 is 3.25. The number of carbonyl (C=O) groups is 1. The molecule has 0 bridgehead atoms. The largest absolute Gasteiger partial charge is 0.368 e. The Morgan fingerprint density at radius 3 is 2.69 bits per heavy atom. The zero-order valence-corrected chi connectivity index (χ0v) is 18.6. The van der Waals surface area contributed by atoms with Gasteiger partial charge in [-0.2, -0.15) is 5.10 Å². The number of nitrogens with zero attached hydrogens (tertiary/aromatic N) is 2. The van der Waals surface area contributed by atoms with Crippen molar-refractivity contribution in [2.45, 2.75) is 11.4 Å². The minimum Gasteiger partial charge on any atom is -0.368 e.